The monoisotopic (exact) mass is 402 g/mol. The highest BCUT2D eigenvalue weighted by molar-refractivity contribution is 5.76. The number of piperidine rings is 1. The molecule has 1 rings (SSSR count). The summed E-state index contributed by atoms with van der Waals surface area (Å²) in [6.07, 6.45) is 2.65. The number of nitrogens with zero attached hydrogens (tertiary/aromatic N) is 2. The highest BCUT2D eigenvalue weighted by Gasteiger charge is 2.19. The Morgan fingerprint density at radius 1 is 0.857 bits per heavy atom. The van der Waals surface area contributed by atoms with Crippen LogP contribution in [0, 0.1) is 5.92 Å². The lowest BCUT2D eigenvalue weighted by molar-refractivity contribution is -0.133. The van der Waals surface area contributed by atoms with Gasteiger partial charge in [-0.3, -0.25) is 9.59 Å². The zero-order valence-corrected chi connectivity index (χ0v) is 17.8. The molecule has 0 aromatic carbocycles. The summed E-state index contributed by atoms with van der Waals surface area (Å²) < 4.78 is 21.7. The summed E-state index contributed by atoms with van der Waals surface area (Å²) in [6, 6.07) is 0. The Morgan fingerprint density at radius 3 is 1.82 bits per heavy atom. The number of carbonyl (C=O) groups is 2. The van der Waals surface area contributed by atoms with Crippen LogP contribution in [-0.2, 0) is 28.5 Å². The largest absolute Gasteiger partial charge is 0.379 e. The van der Waals surface area contributed by atoms with Gasteiger partial charge in [0.2, 0.25) is 11.8 Å². The van der Waals surface area contributed by atoms with Gasteiger partial charge < -0.3 is 28.7 Å². The fraction of sp³-hybridized carbons (Fsp3) is 0.900. The van der Waals surface area contributed by atoms with Crippen molar-refractivity contribution in [3.63, 3.8) is 0 Å². The number of likely N-dealkylation sites (N-methyl/N-ethyl adjacent to an activating group) is 1. The topological polar surface area (TPSA) is 77.5 Å². The second-order valence-corrected chi connectivity index (χ2v) is 7.20. The van der Waals surface area contributed by atoms with Crippen molar-refractivity contribution in [1.82, 2.24) is 9.80 Å². The number of amides is 2. The average Bonchev–Trinajstić information content (AvgIpc) is 2.68. The molecule has 8 nitrogen and oxygen atoms in total. The molecule has 0 aromatic heterocycles. The van der Waals surface area contributed by atoms with Crippen molar-refractivity contribution in [3.8, 4) is 0 Å². The van der Waals surface area contributed by atoms with Crippen LogP contribution >= 0.6 is 0 Å². The number of rotatable bonds is 15. The van der Waals surface area contributed by atoms with Gasteiger partial charge in [-0.05, 0) is 18.8 Å². The second-order valence-electron chi connectivity index (χ2n) is 7.20. The van der Waals surface area contributed by atoms with Crippen LogP contribution in [0.5, 0.6) is 0 Å². The maximum absolute atomic E-state index is 12.0. The van der Waals surface area contributed by atoms with E-state index in [0.29, 0.717) is 65.8 Å². The van der Waals surface area contributed by atoms with E-state index in [2.05, 4.69) is 6.92 Å². The maximum Gasteiger partial charge on any atom is 0.224 e. The third-order valence-corrected chi connectivity index (χ3v) is 4.82. The molecule has 0 N–H and O–H groups in total. The van der Waals surface area contributed by atoms with E-state index in [1.54, 1.807) is 11.9 Å². The van der Waals surface area contributed by atoms with Gasteiger partial charge in [0.05, 0.1) is 59.3 Å². The molecule has 8 heteroatoms. The van der Waals surface area contributed by atoms with Crippen LogP contribution < -0.4 is 0 Å². The van der Waals surface area contributed by atoms with Gasteiger partial charge in [-0.25, -0.2) is 0 Å². The van der Waals surface area contributed by atoms with Gasteiger partial charge in [-0.1, -0.05) is 6.92 Å². The summed E-state index contributed by atoms with van der Waals surface area (Å²) in [5, 5.41) is 0. The van der Waals surface area contributed by atoms with Crippen molar-refractivity contribution in [1.29, 1.82) is 0 Å². The summed E-state index contributed by atoms with van der Waals surface area (Å²) >= 11 is 0. The quantitative estimate of drug-likeness (QED) is 0.383. The number of hydrogen-bond donors (Lipinski definition) is 0. The fourth-order valence-corrected chi connectivity index (χ4v) is 2.70. The van der Waals surface area contributed by atoms with Gasteiger partial charge in [0.15, 0.2) is 0 Å². The van der Waals surface area contributed by atoms with Gasteiger partial charge in [0.1, 0.15) is 0 Å². The van der Waals surface area contributed by atoms with E-state index in [1.165, 1.54) is 6.92 Å². The lowest BCUT2D eigenvalue weighted by atomic mass is 9.99. The van der Waals surface area contributed by atoms with Gasteiger partial charge >= 0.3 is 0 Å². The molecular formula is C20H38N2O6. The van der Waals surface area contributed by atoms with E-state index in [1.807, 2.05) is 4.90 Å². The first-order valence-electron chi connectivity index (χ1n) is 10.3. The Kier molecular flexibility index (Phi) is 13.9. The van der Waals surface area contributed by atoms with E-state index >= 15 is 0 Å². The van der Waals surface area contributed by atoms with Crippen LogP contribution in [0.25, 0.3) is 0 Å². The summed E-state index contributed by atoms with van der Waals surface area (Å²) in [7, 11) is 1.75. The first-order valence-corrected chi connectivity index (χ1v) is 10.3. The van der Waals surface area contributed by atoms with Crippen molar-refractivity contribution >= 4 is 11.8 Å². The molecule has 0 radical (unpaired) electrons. The molecule has 1 heterocycles. The minimum Gasteiger partial charge on any atom is -0.379 e. The molecule has 164 valence electrons. The molecule has 0 bridgehead atoms. The average molecular weight is 403 g/mol. The van der Waals surface area contributed by atoms with Gasteiger partial charge in [0.25, 0.3) is 0 Å². The predicted molar refractivity (Wildman–Crippen MR) is 106 cm³/mol. The Labute approximate surface area is 169 Å². The smallest absolute Gasteiger partial charge is 0.224 e. The molecule has 0 atom stereocenters. The molecule has 0 unspecified atom stereocenters. The Morgan fingerprint density at radius 2 is 1.32 bits per heavy atom. The molecule has 1 aliphatic rings. The first kappa shape index (κ1) is 24.8. The van der Waals surface area contributed by atoms with Crippen LogP contribution in [0.3, 0.4) is 0 Å². The molecule has 1 fully saturated rings. The van der Waals surface area contributed by atoms with Crippen molar-refractivity contribution in [2.24, 2.45) is 5.92 Å². The van der Waals surface area contributed by atoms with Crippen LogP contribution in [0.4, 0.5) is 0 Å². The molecule has 1 saturated heterocycles. The van der Waals surface area contributed by atoms with Crippen molar-refractivity contribution in [3.05, 3.63) is 0 Å². The van der Waals surface area contributed by atoms with Crippen LogP contribution in [0.15, 0.2) is 0 Å². The highest BCUT2D eigenvalue weighted by Crippen LogP contribution is 2.16. The summed E-state index contributed by atoms with van der Waals surface area (Å²) in [6.45, 7) is 10.0. The summed E-state index contributed by atoms with van der Waals surface area (Å²) in [4.78, 5) is 26.6. The van der Waals surface area contributed by atoms with E-state index in [0.717, 1.165) is 31.8 Å². The SMILES string of the molecule is CC(=O)N(C)CCOCCOCCOCCOCCC(=O)N1CCC(C)CC1. The Bertz CT molecular complexity index is 427. The summed E-state index contributed by atoms with van der Waals surface area (Å²) in [5.41, 5.74) is 0. The van der Waals surface area contributed by atoms with E-state index in [9.17, 15) is 9.59 Å². The van der Waals surface area contributed by atoms with Crippen molar-refractivity contribution < 1.29 is 28.5 Å². The molecule has 1 aliphatic heterocycles. The third-order valence-electron chi connectivity index (χ3n) is 4.82. The molecular weight excluding hydrogens is 364 g/mol. The molecule has 0 aromatic rings. The van der Waals surface area contributed by atoms with E-state index in [-0.39, 0.29) is 11.8 Å². The Hall–Kier alpha value is -1.22. The zero-order valence-electron chi connectivity index (χ0n) is 17.8. The molecule has 28 heavy (non-hydrogen) atoms. The highest BCUT2D eigenvalue weighted by atomic mass is 16.6. The maximum atomic E-state index is 12.0. The number of ether oxygens (including phenoxy) is 4. The summed E-state index contributed by atoms with van der Waals surface area (Å²) in [5.74, 6) is 0.953. The van der Waals surface area contributed by atoms with Crippen molar-refractivity contribution in [2.45, 2.75) is 33.1 Å². The van der Waals surface area contributed by atoms with Crippen LogP contribution in [0.2, 0.25) is 0 Å². The first-order chi connectivity index (χ1) is 13.5. The minimum absolute atomic E-state index is 0.0317. The van der Waals surface area contributed by atoms with E-state index < -0.39 is 0 Å². The van der Waals surface area contributed by atoms with Crippen LogP contribution in [-0.4, -0.2) is 101 Å². The zero-order chi connectivity index (χ0) is 20.6. The lowest BCUT2D eigenvalue weighted by Gasteiger charge is -2.30. The van der Waals surface area contributed by atoms with Gasteiger partial charge in [-0.15, -0.1) is 0 Å². The third kappa shape index (κ3) is 12.3. The molecule has 0 spiro atoms. The van der Waals surface area contributed by atoms with E-state index in [4.69, 9.17) is 18.9 Å². The number of carbonyl (C=O) groups excluding carboxylic acids is 2. The minimum atomic E-state index is 0.0317. The van der Waals surface area contributed by atoms with Crippen LogP contribution in [0.1, 0.15) is 33.1 Å². The van der Waals surface area contributed by atoms with Crippen molar-refractivity contribution in [2.75, 3.05) is 79.5 Å². The Balaban J connectivity index is 1.78. The standard InChI is InChI=1S/C20H38N2O6/c1-18-4-7-22(8-5-18)20(24)6-10-25-12-14-27-16-17-28-15-13-26-11-9-21(3)19(2)23/h18H,4-17H2,1-3H3. The number of likely N-dealkylation sites (tertiary alicyclic amines) is 1. The molecule has 0 aliphatic carbocycles. The van der Waals surface area contributed by atoms with Gasteiger partial charge in [-0.2, -0.15) is 0 Å². The fourth-order valence-electron chi connectivity index (χ4n) is 2.70. The second kappa shape index (κ2) is 15.7. The van der Waals surface area contributed by atoms with Gasteiger partial charge in [0, 0.05) is 33.6 Å². The number of hydrogen-bond acceptors (Lipinski definition) is 6. The lowest BCUT2D eigenvalue weighted by Crippen LogP contribution is -2.38. The normalized spacial score (nSPS) is 15.0. The molecule has 0 saturated carbocycles. The molecule has 2 amide bonds. The predicted octanol–water partition coefficient (Wildman–Crippen LogP) is 1.18.